The minimum absolute atomic E-state index is 0.399. The molecule has 0 fully saturated rings. The van der Waals surface area contributed by atoms with Crippen LogP contribution in [-0.2, 0) is 6.54 Å². The Labute approximate surface area is 120 Å². The van der Waals surface area contributed by atoms with Crippen molar-refractivity contribution in [1.29, 1.82) is 0 Å². The molecule has 0 atom stereocenters. The van der Waals surface area contributed by atoms with Gasteiger partial charge in [0.2, 0.25) is 0 Å². The molecule has 0 radical (unpaired) electrons. The fourth-order valence-electron chi connectivity index (χ4n) is 1.99. The van der Waals surface area contributed by atoms with E-state index in [4.69, 9.17) is 16.3 Å². The van der Waals surface area contributed by atoms with Gasteiger partial charge in [0.25, 0.3) is 0 Å². The predicted octanol–water partition coefficient (Wildman–Crippen LogP) is 3.23. The summed E-state index contributed by atoms with van der Waals surface area (Å²) < 4.78 is 5.13. The van der Waals surface area contributed by atoms with Crippen molar-refractivity contribution in [3.63, 3.8) is 0 Å². The first-order valence-electron chi connectivity index (χ1n) is 6.14. The maximum atomic E-state index is 5.99. The summed E-state index contributed by atoms with van der Waals surface area (Å²) in [6.45, 7) is 0.647. The molecule has 0 aliphatic heterocycles. The van der Waals surface area contributed by atoms with Crippen LogP contribution in [0, 0.1) is 0 Å². The third-order valence-electron chi connectivity index (χ3n) is 3.06. The number of benzene rings is 1. The number of aromatic nitrogens is 3. The van der Waals surface area contributed by atoms with Gasteiger partial charge >= 0.3 is 0 Å². The van der Waals surface area contributed by atoms with Crippen LogP contribution in [0.25, 0.3) is 10.9 Å². The van der Waals surface area contributed by atoms with Gasteiger partial charge in [-0.05, 0) is 23.8 Å². The molecule has 0 aliphatic rings. The molecule has 5 nitrogen and oxygen atoms in total. The van der Waals surface area contributed by atoms with E-state index in [1.165, 1.54) is 0 Å². The second-order valence-corrected chi connectivity index (χ2v) is 4.67. The number of halogens is 1. The van der Waals surface area contributed by atoms with Crippen molar-refractivity contribution in [3.05, 3.63) is 47.2 Å². The van der Waals surface area contributed by atoms with E-state index in [1.807, 2.05) is 36.5 Å². The molecule has 3 rings (SSSR count). The Balaban J connectivity index is 1.79. The summed E-state index contributed by atoms with van der Waals surface area (Å²) in [6, 6.07) is 9.73. The van der Waals surface area contributed by atoms with Crippen LogP contribution < -0.4 is 10.1 Å². The molecule has 1 aromatic carbocycles. The van der Waals surface area contributed by atoms with Gasteiger partial charge in [-0.15, -0.1) is 10.2 Å². The first-order valence-corrected chi connectivity index (χ1v) is 6.52. The molecule has 0 saturated heterocycles. The topological polar surface area (TPSA) is 62.8 Å². The molecule has 2 N–H and O–H groups in total. The van der Waals surface area contributed by atoms with Gasteiger partial charge in [-0.1, -0.05) is 23.7 Å². The molecule has 0 amide bonds. The highest BCUT2D eigenvalue weighted by atomic mass is 35.5. The lowest BCUT2D eigenvalue weighted by molar-refractivity contribution is 0.414. The van der Waals surface area contributed by atoms with Crippen LogP contribution in [0.2, 0.25) is 5.15 Å². The first-order chi connectivity index (χ1) is 9.78. The highest BCUT2D eigenvalue weighted by Gasteiger charge is 2.08. The Hall–Kier alpha value is -2.27. The van der Waals surface area contributed by atoms with Crippen molar-refractivity contribution in [2.24, 2.45) is 0 Å². The molecule has 0 saturated carbocycles. The minimum Gasteiger partial charge on any atom is -0.497 e. The molecule has 3 aromatic rings. The third-order valence-corrected chi connectivity index (χ3v) is 3.34. The number of H-pyrrole nitrogens is 1. The van der Waals surface area contributed by atoms with E-state index in [0.29, 0.717) is 17.5 Å². The van der Waals surface area contributed by atoms with Crippen LogP contribution in [-0.4, -0.2) is 22.3 Å². The second-order valence-electron chi connectivity index (χ2n) is 4.31. The lowest BCUT2D eigenvalue weighted by Crippen LogP contribution is -2.03. The quantitative estimate of drug-likeness (QED) is 0.774. The van der Waals surface area contributed by atoms with E-state index >= 15 is 0 Å². The van der Waals surface area contributed by atoms with E-state index in [9.17, 15) is 0 Å². The van der Waals surface area contributed by atoms with Gasteiger partial charge in [0.1, 0.15) is 5.75 Å². The smallest absolute Gasteiger partial charge is 0.173 e. The monoisotopic (exact) mass is 288 g/mol. The highest BCUT2D eigenvalue weighted by Crippen LogP contribution is 2.24. The number of hydrogen-bond acceptors (Lipinski definition) is 4. The Morgan fingerprint density at radius 2 is 2.00 bits per heavy atom. The number of anilines is 1. The molecular weight excluding hydrogens is 276 g/mol. The Bertz CT molecular complexity index is 724. The number of nitrogens with zero attached hydrogens (tertiary/aromatic N) is 2. The number of ether oxygens (including phenoxy) is 1. The van der Waals surface area contributed by atoms with E-state index in [2.05, 4.69) is 20.5 Å². The zero-order chi connectivity index (χ0) is 13.9. The summed E-state index contributed by atoms with van der Waals surface area (Å²) in [7, 11) is 1.65. The number of fused-ring (bicyclic) bond motifs is 1. The van der Waals surface area contributed by atoms with Crippen LogP contribution in [0.5, 0.6) is 5.75 Å². The molecular formula is C14H13ClN4O. The largest absolute Gasteiger partial charge is 0.497 e. The third kappa shape index (κ3) is 2.40. The zero-order valence-electron chi connectivity index (χ0n) is 10.9. The van der Waals surface area contributed by atoms with E-state index in [-0.39, 0.29) is 0 Å². The van der Waals surface area contributed by atoms with Crippen LogP contribution in [0.15, 0.2) is 36.5 Å². The zero-order valence-corrected chi connectivity index (χ0v) is 11.6. The van der Waals surface area contributed by atoms with Crippen molar-refractivity contribution >= 4 is 28.3 Å². The molecule has 6 heteroatoms. The Morgan fingerprint density at radius 1 is 1.20 bits per heavy atom. The highest BCUT2D eigenvalue weighted by molar-refractivity contribution is 6.34. The van der Waals surface area contributed by atoms with Gasteiger partial charge in [-0.3, -0.25) is 0 Å². The average Bonchev–Trinajstić information content (AvgIpc) is 2.98. The SMILES string of the molecule is COc1ccc(CNc2nnc(Cl)c3cc[nH]c23)cc1. The van der Waals surface area contributed by atoms with Crippen molar-refractivity contribution in [1.82, 2.24) is 15.2 Å². The summed E-state index contributed by atoms with van der Waals surface area (Å²) in [5.74, 6) is 1.53. The fraction of sp³-hybridized carbons (Fsp3) is 0.143. The number of rotatable bonds is 4. The molecule has 0 spiro atoms. The van der Waals surface area contributed by atoms with Gasteiger partial charge in [-0.25, -0.2) is 0 Å². The molecule has 2 aromatic heterocycles. The summed E-state index contributed by atoms with van der Waals surface area (Å²) in [4.78, 5) is 3.11. The van der Waals surface area contributed by atoms with Gasteiger partial charge < -0.3 is 15.0 Å². The molecule has 0 bridgehead atoms. The number of hydrogen-bond donors (Lipinski definition) is 2. The van der Waals surface area contributed by atoms with Crippen molar-refractivity contribution < 1.29 is 4.74 Å². The van der Waals surface area contributed by atoms with E-state index in [0.717, 1.165) is 22.2 Å². The number of aromatic amines is 1. The van der Waals surface area contributed by atoms with Crippen LogP contribution in [0.1, 0.15) is 5.56 Å². The summed E-state index contributed by atoms with van der Waals surface area (Å²) in [5.41, 5.74) is 1.99. The van der Waals surface area contributed by atoms with Crippen molar-refractivity contribution in [2.45, 2.75) is 6.54 Å². The summed E-state index contributed by atoms with van der Waals surface area (Å²) >= 11 is 5.99. The maximum absolute atomic E-state index is 5.99. The van der Waals surface area contributed by atoms with E-state index in [1.54, 1.807) is 7.11 Å². The molecule has 0 aliphatic carbocycles. The fourth-order valence-corrected chi connectivity index (χ4v) is 2.18. The Morgan fingerprint density at radius 3 is 2.75 bits per heavy atom. The van der Waals surface area contributed by atoms with Gasteiger partial charge in [0, 0.05) is 18.1 Å². The molecule has 2 heterocycles. The predicted molar refractivity (Wildman–Crippen MR) is 79.2 cm³/mol. The lowest BCUT2D eigenvalue weighted by atomic mass is 10.2. The first kappa shape index (κ1) is 12.7. The minimum atomic E-state index is 0.399. The standard InChI is InChI=1S/C14H13ClN4O/c1-20-10-4-2-9(3-5-10)8-17-14-12-11(6-7-16-12)13(15)18-19-14/h2-7,16H,8H2,1H3,(H,17,19). The van der Waals surface area contributed by atoms with Crippen LogP contribution >= 0.6 is 11.6 Å². The average molecular weight is 289 g/mol. The molecule has 102 valence electrons. The number of nitrogens with one attached hydrogen (secondary N) is 2. The van der Waals surface area contributed by atoms with Crippen LogP contribution in [0.3, 0.4) is 0 Å². The van der Waals surface area contributed by atoms with Gasteiger partial charge in [0.05, 0.1) is 12.6 Å². The van der Waals surface area contributed by atoms with Gasteiger partial charge in [-0.2, -0.15) is 0 Å². The summed E-state index contributed by atoms with van der Waals surface area (Å²) in [5, 5.41) is 12.5. The van der Waals surface area contributed by atoms with E-state index < -0.39 is 0 Å². The Kier molecular flexibility index (Phi) is 3.43. The lowest BCUT2D eigenvalue weighted by Gasteiger charge is -2.07. The molecule has 0 unspecified atom stereocenters. The normalized spacial score (nSPS) is 10.7. The molecule has 20 heavy (non-hydrogen) atoms. The maximum Gasteiger partial charge on any atom is 0.173 e. The summed E-state index contributed by atoms with van der Waals surface area (Å²) in [6.07, 6.45) is 1.82. The van der Waals surface area contributed by atoms with Crippen LogP contribution in [0.4, 0.5) is 5.82 Å². The second kappa shape index (κ2) is 5.38. The van der Waals surface area contributed by atoms with Crippen molar-refractivity contribution in [3.8, 4) is 5.75 Å². The van der Waals surface area contributed by atoms with Crippen molar-refractivity contribution in [2.75, 3.05) is 12.4 Å². The van der Waals surface area contributed by atoms with Gasteiger partial charge in [0.15, 0.2) is 11.0 Å². The number of methoxy groups -OCH3 is 1.